The van der Waals surface area contributed by atoms with Crippen LogP contribution in [0.2, 0.25) is 0 Å². The topological polar surface area (TPSA) is 61.9 Å². The minimum absolute atomic E-state index is 0.0217. The number of carbonyl (C=O) groups is 2. The van der Waals surface area contributed by atoms with Gasteiger partial charge in [-0.05, 0) is 59.9 Å². The van der Waals surface area contributed by atoms with Crippen LogP contribution in [0.5, 0.6) is 0 Å². The van der Waals surface area contributed by atoms with E-state index in [2.05, 4.69) is 16.8 Å². The Labute approximate surface area is 152 Å². The molecule has 25 heavy (non-hydrogen) atoms. The van der Waals surface area contributed by atoms with Gasteiger partial charge in [-0.15, -0.1) is 6.58 Å². The van der Waals surface area contributed by atoms with Crippen molar-refractivity contribution in [1.29, 1.82) is 0 Å². The largest absolute Gasteiger partial charge is 0.444 e. The average Bonchev–Trinajstić information content (AvgIpc) is 2.49. The zero-order chi connectivity index (χ0) is 19.0. The van der Waals surface area contributed by atoms with Gasteiger partial charge in [0.15, 0.2) is 0 Å². The molecule has 144 valence electrons. The molecule has 0 aliphatic carbocycles. The van der Waals surface area contributed by atoms with Crippen LogP contribution in [-0.2, 0) is 9.53 Å². The summed E-state index contributed by atoms with van der Waals surface area (Å²) in [5.41, 5.74) is -0.494. The van der Waals surface area contributed by atoms with Gasteiger partial charge in [0.05, 0.1) is 6.54 Å². The van der Waals surface area contributed by atoms with Crippen LogP contribution < -0.4 is 5.32 Å². The lowest BCUT2D eigenvalue weighted by Crippen LogP contribution is -2.48. The number of piperidine rings is 1. The van der Waals surface area contributed by atoms with E-state index in [0.29, 0.717) is 25.6 Å². The number of rotatable bonds is 7. The van der Waals surface area contributed by atoms with E-state index in [4.69, 9.17) is 4.74 Å². The fourth-order valence-electron chi connectivity index (χ4n) is 2.98. The number of hydrogen-bond donors (Lipinski definition) is 1. The molecule has 2 amide bonds. The van der Waals surface area contributed by atoms with Gasteiger partial charge in [0, 0.05) is 25.7 Å². The van der Waals surface area contributed by atoms with Gasteiger partial charge in [0.1, 0.15) is 5.60 Å². The van der Waals surface area contributed by atoms with Crippen molar-refractivity contribution in [3.8, 4) is 0 Å². The summed E-state index contributed by atoms with van der Waals surface area (Å²) in [5.74, 6) is 0.379. The summed E-state index contributed by atoms with van der Waals surface area (Å²) >= 11 is 0. The Balaban J connectivity index is 2.58. The molecule has 0 aromatic heterocycles. The molecule has 6 heteroatoms. The first kappa shape index (κ1) is 21.5. The SMILES string of the molecule is C=CCNC(=O)CN1CCCC(CN(C(=O)OC(C)(C)C)C(C)C)C1. The maximum absolute atomic E-state index is 12.5. The summed E-state index contributed by atoms with van der Waals surface area (Å²) in [6.07, 6.45) is 3.53. The maximum Gasteiger partial charge on any atom is 0.410 e. The predicted octanol–water partition coefficient (Wildman–Crippen LogP) is 2.65. The van der Waals surface area contributed by atoms with Crippen molar-refractivity contribution in [2.45, 2.75) is 59.1 Å². The van der Waals surface area contributed by atoms with Crippen molar-refractivity contribution >= 4 is 12.0 Å². The molecule has 1 aliphatic heterocycles. The van der Waals surface area contributed by atoms with Crippen molar-refractivity contribution in [3.63, 3.8) is 0 Å². The molecule has 1 aliphatic rings. The third-order valence-electron chi connectivity index (χ3n) is 4.12. The monoisotopic (exact) mass is 353 g/mol. The first-order valence-electron chi connectivity index (χ1n) is 9.22. The first-order valence-corrected chi connectivity index (χ1v) is 9.22. The Kier molecular flexibility index (Phi) is 8.42. The second kappa shape index (κ2) is 9.80. The molecule has 1 N–H and O–H groups in total. The van der Waals surface area contributed by atoms with Crippen LogP contribution in [0, 0.1) is 5.92 Å². The van der Waals surface area contributed by atoms with E-state index in [-0.39, 0.29) is 18.0 Å². The van der Waals surface area contributed by atoms with Crippen LogP contribution in [0.4, 0.5) is 4.79 Å². The number of nitrogens with zero attached hydrogens (tertiary/aromatic N) is 2. The normalized spacial score (nSPS) is 18.7. The van der Waals surface area contributed by atoms with Gasteiger partial charge >= 0.3 is 6.09 Å². The number of amides is 2. The molecule has 1 rings (SSSR count). The van der Waals surface area contributed by atoms with Crippen molar-refractivity contribution in [3.05, 3.63) is 12.7 Å². The maximum atomic E-state index is 12.5. The van der Waals surface area contributed by atoms with Gasteiger partial charge in [-0.1, -0.05) is 6.08 Å². The zero-order valence-electron chi connectivity index (χ0n) is 16.5. The van der Waals surface area contributed by atoms with Crippen molar-refractivity contribution in [2.24, 2.45) is 5.92 Å². The molecular formula is C19H35N3O3. The van der Waals surface area contributed by atoms with E-state index in [0.717, 1.165) is 25.9 Å². The molecule has 0 aromatic rings. The van der Waals surface area contributed by atoms with Crippen LogP contribution in [0.25, 0.3) is 0 Å². The van der Waals surface area contributed by atoms with E-state index in [1.165, 1.54) is 0 Å². The van der Waals surface area contributed by atoms with Crippen LogP contribution in [0.3, 0.4) is 0 Å². The zero-order valence-corrected chi connectivity index (χ0v) is 16.5. The number of ether oxygens (including phenoxy) is 1. The Morgan fingerprint density at radius 2 is 2.08 bits per heavy atom. The minimum atomic E-state index is -0.494. The molecule has 1 atom stereocenters. The van der Waals surface area contributed by atoms with Gasteiger partial charge in [0.25, 0.3) is 0 Å². The molecule has 0 radical (unpaired) electrons. The number of likely N-dealkylation sites (tertiary alicyclic amines) is 1. The Bertz CT molecular complexity index is 457. The predicted molar refractivity (Wildman–Crippen MR) is 100 cm³/mol. The van der Waals surface area contributed by atoms with Crippen molar-refractivity contribution < 1.29 is 14.3 Å². The average molecular weight is 354 g/mol. The summed E-state index contributed by atoms with van der Waals surface area (Å²) in [6, 6.07) is 0.0844. The number of nitrogens with one attached hydrogen (secondary N) is 1. The summed E-state index contributed by atoms with van der Waals surface area (Å²) in [6.45, 7) is 16.6. The van der Waals surface area contributed by atoms with Gasteiger partial charge in [-0.3, -0.25) is 9.69 Å². The highest BCUT2D eigenvalue weighted by atomic mass is 16.6. The van der Waals surface area contributed by atoms with E-state index in [9.17, 15) is 9.59 Å². The smallest absolute Gasteiger partial charge is 0.410 e. The van der Waals surface area contributed by atoms with Crippen LogP contribution in [0.15, 0.2) is 12.7 Å². The second-order valence-electron chi connectivity index (χ2n) is 8.06. The molecular weight excluding hydrogens is 318 g/mol. The quantitative estimate of drug-likeness (QED) is 0.715. The molecule has 6 nitrogen and oxygen atoms in total. The molecule has 1 fully saturated rings. The lowest BCUT2D eigenvalue weighted by atomic mass is 9.97. The van der Waals surface area contributed by atoms with E-state index >= 15 is 0 Å². The van der Waals surface area contributed by atoms with E-state index in [1.807, 2.05) is 34.6 Å². The fraction of sp³-hybridized carbons (Fsp3) is 0.789. The summed E-state index contributed by atoms with van der Waals surface area (Å²) in [4.78, 5) is 28.3. The Morgan fingerprint density at radius 3 is 2.64 bits per heavy atom. The Hall–Kier alpha value is -1.56. The molecule has 0 aromatic carbocycles. The van der Waals surface area contributed by atoms with Gasteiger partial charge in [-0.2, -0.15) is 0 Å². The highest BCUT2D eigenvalue weighted by Crippen LogP contribution is 2.20. The number of hydrogen-bond acceptors (Lipinski definition) is 4. The summed E-state index contributed by atoms with van der Waals surface area (Å²) < 4.78 is 5.54. The first-order chi connectivity index (χ1) is 11.6. The lowest BCUT2D eigenvalue weighted by molar-refractivity contribution is -0.122. The van der Waals surface area contributed by atoms with Crippen LogP contribution >= 0.6 is 0 Å². The third kappa shape index (κ3) is 8.38. The Morgan fingerprint density at radius 1 is 1.40 bits per heavy atom. The highest BCUT2D eigenvalue weighted by Gasteiger charge is 2.29. The molecule has 0 bridgehead atoms. The van der Waals surface area contributed by atoms with Gasteiger partial charge < -0.3 is 15.0 Å². The highest BCUT2D eigenvalue weighted by molar-refractivity contribution is 5.78. The number of carbonyl (C=O) groups excluding carboxylic acids is 2. The fourth-order valence-corrected chi connectivity index (χ4v) is 2.98. The van der Waals surface area contributed by atoms with E-state index in [1.54, 1.807) is 11.0 Å². The molecule has 1 saturated heterocycles. The summed E-state index contributed by atoms with van der Waals surface area (Å²) in [5, 5.41) is 2.81. The molecule has 1 unspecified atom stereocenters. The van der Waals surface area contributed by atoms with Crippen molar-refractivity contribution in [2.75, 3.05) is 32.7 Å². The second-order valence-corrected chi connectivity index (χ2v) is 8.06. The lowest BCUT2D eigenvalue weighted by Gasteiger charge is -2.37. The van der Waals surface area contributed by atoms with Gasteiger partial charge in [0.2, 0.25) is 5.91 Å². The summed E-state index contributed by atoms with van der Waals surface area (Å²) in [7, 11) is 0. The molecule has 1 heterocycles. The minimum Gasteiger partial charge on any atom is -0.444 e. The standard InChI is InChI=1S/C19H35N3O3/c1-7-10-20-17(23)14-21-11-8-9-16(12-21)13-22(15(2)3)18(24)25-19(4,5)6/h7,15-16H,1,8-14H2,2-6H3,(H,20,23). The van der Waals surface area contributed by atoms with Gasteiger partial charge in [-0.25, -0.2) is 4.79 Å². The van der Waals surface area contributed by atoms with Crippen LogP contribution in [0.1, 0.15) is 47.5 Å². The molecule has 0 spiro atoms. The van der Waals surface area contributed by atoms with Crippen LogP contribution in [-0.4, -0.2) is 66.2 Å². The molecule has 0 saturated carbocycles. The van der Waals surface area contributed by atoms with E-state index < -0.39 is 5.60 Å². The third-order valence-corrected chi connectivity index (χ3v) is 4.12. The van der Waals surface area contributed by atoms with Crippen molar-refractivity contribution in [1.82, 2.24) is 15.1 Å².